The van der Waals surface area contributed by atoms with Crippen LogP contribution in [-0.4, -0.2) is 21.4 Å². The van der Waals surface area contributed by atoms with E-state index in [1.807, 2.05) is 6.07 Å². The number of aromatic carboxylic acids is 1. The predicted molar refractivity (Wildman–Crippen MR) is 82.7 cm³/mol. The lowest BCUT2D eigenvalue weighted by atomic mass is 9.99. The molecule has 7 heteroatoms. The van der Waals surface area contributed by atoms with Crippen molar-refractivity contribution in [3.8, 4) is 0 Å². The first-order chi connectivity index (χ1) is 10.1. The summed E-state index contributed by atoms with van der Waals surface area (Å²) in [6.45, 7) is 1.62. The minimum absolute atomic E-state index is 0.0784. The molecule has 110 valence electrons. The zero-order valence-electron chi connectivity index (χ0n) is 11.4. The third kappa shape index (κ3) is 2.71. The molecule has 2 aromatic heterocycles. The topological polar surface area (TPSA) is 79.3 Å². The lowest BCUT2D eigenvalue weighted by molar-refractivity contribution is 0.0697. The molecule has 1 aliphatic carbocycles. The molecule has 2 N–H and O–H groups in total. The molecule has 0 aromatic carbocycles. The summed E-state index contributed by atoms with van der Waals surface area (Å²) in [6.07, 6.45) is 4.40. The Morgan fingerprint density at radius 3 is 2.81 bits per heavy atom. The number of aryl methyl sites for hydroxylation is 3. The molecule has 0 unspecified atom stereocenters. The maximum absolute atomic E-state index is 12.3. The Morgan fingerprint density at radius 2 is 2.10 bits per heavy atom. The van der Waals surface area contributed by atoms with Crippen LogP contribution < -0.4 is 5.32 Å². The summed E-state index contributed by atoms with van der Waals surface area (Å²) in [5.74, 6) is -1.32. The van der Waals surface area contributed by atoms with E-state index in [1.54, 1.807) is 6.92 Å². The minimum atomic E-state index is -1.07. The van der Waals surface area contributed by atoms with Gasteiger partial charge >= 0.3 is 5.97 Å². The number of amides is 1. The van der Waals surface area contributed by atoms with Crippen molar-refractivity contribution in [1.82, 2.24) is 4.37 Å². The molecule has 21 heavy (non-hydrogen) atoms. The number of nitrogens with one attached hydrogen (secondary N) is 1. The number of anilines is 1. The van der Waals surface area contributed by atoms with Crippen LogP contribution >= 0.6 is 22.9 Å². The van der Waals surface area contributed by atoms with Crippen LogP contribution in [0.1, 0.15) is 49.0 Å². The lowest BCUT2D eigenvalue weighted by Crippen LogP contribution is -2.12. The highest BCUT2D eigenvalue weighted by molar-refractivity contribution is 7.14. The Hall–Kier alpha value is -1.73. The monoisotopic (exact) mass is 322 g/mol. The molecule has 1 aliphatic rings. The highest BCUT2D eigenvalue weighted by Crippen LogP contribution is 2.31. The number of carboxylic acids is 1. The van der Waals surface area contributed by atoms with E-state index in [2.05, 4.69) is 9.69 Å². The largest absolute Gasteiger partial charge is 0.478 e. The van der Waals surface area contributed by atoms with E-state index < -0.39 is 5.97 Å². The molecule has 2 aromatic rings. The molecule has 0 saturated heterocycles. The molecule has 3 rings (SSSR count). The fourth-order valence-electron chi connectivity index (χ4n) is 2.47. The van der Waals surface area contributed by atoms with Gasteiger partial charge in [-0.15, -0.1) is 11.3 Å². The number of aromatic nitrogens is 1. The smallest absolute Gasteiger partial charge is 0.340 e. The number of nitrogens with zero attached hydrogens (tertiary/aromatic N) is 1. The van der Waals surface area contributed by atoms with Gasteiger partial charge in [0.15, 0.2) is 0 Å². The minimum Gasteiger partial charge on any atom is -0.478 e. The van der Waals surface area contributed by atoms with Crippen molar-refractivity contribution in [1.29, 1.82) is 0 Å². The van der Waals surface area contributed by atoms with Crippen LogP contribution in [0.2, 0.25) is 0 Å². The lowest BCUT2D eigenvalue weighted by Gasteiger charge is -2.08. The molecule has 0 saturated carbocycles. The number of carboxylic acid groups (broad SMARTS) is 1. The highest BCUT2D eigenvalue weighted by Gasteiger charge is 2.22. The number of hydrogen-bond acceptors (Lipinski definition) is 5. The molecule has 0 spiro atoms. The second-order valence-corrected chi connectivity index (χ2v) is 6.91. The summed E-state index contributed by atoms with van der Waals surface area (Å²) < 4.78 is 4.00. The van der Waals surface area contributed by atoms with Crippen molar-refractivity contribution in [2.75, 3.05) is 5.32 Å². The van der Waals surface area contributed by atoms with Gasteiger partial charge in [0.05, 0.1) is 10.6 Å². The Bertz CT molecular complexity index is 694. The van der Waals surface area contributed by atoms with Gasteiger partial charge in [0, 0.05) is 4.88 Å². The Kier molecular flexibility index (Phi) is 3.77. The highest BCUT2D eigenvalue weighted by atomic mass is 32.1. The second-order valence-electron chi connectivity index (χ2n) is 5.00. The number of fused-ring (bicyclic) bond motifs is 1. The Balaban J connectivity index is 1.83. The fourth-order valence-corrected chi connectivity index (χ4v) is 4.41. The molecular weight excluding hydrogens is 308 g/mol. The summed E-state index contributed by atoms with van der Waals surface area (Å²) in [5, 5.41) is 12.2. The van der Waals surface area contributed by atoms with E-state index in [4.69, 9.17) is 5.11 Å². The van der Waals surface area contributed by atoms with Crippen LogP contribution in [0.4, 0.5) is 5.00 Å². The molecule has 5 nitrogen and oxygen atoms in total. The van der Waals surface area contributed by atoms with E-state index in [0.717, 1.165) is 24.4 Å². The quantitative estimate of drug-likeness (QED) is 0.908. The summed E-state index contributed by atoms with van der Waals surface area (Å²) in [7, 11) is 0. The first kappa shape index (κ1) is 14.2. The molecule has 0 fully saturated rings. The zero-order valence-corrected chi connectivity index (χ0v) is 13.1. The van der Waals surface area contributed by atoms with E-state index in [-0.39, 0.29) is 11.5 Å². The Labute approximate surface area is 129 Å². The maximum atomic E-state index is 12.3. The fraction of sp³-hybridized carbons (Fsp3) is 0.357. The van der Waals surface area contributed by atoms with Crippen molar-refractivity contribution in [3.63, 3.8) is 0 Å². The third-order valence-corrected chi connectivity index (χ3v) is 5.61. The van der Waals surface area contributed by atoms with Crippen molar-refractivity contribution < 1.29 is 14.7 Å². The normalized spacial score (nSPS) is 13.8. The first-order valence-electron chi connectivity index (χ1n) is 6.68. The number of thiophene rings is 1. The number of carbonyl (C=O) groups is 2. The average molecular weight is 322 g/mol. The van der Waals surface area contributed by atoms with Crippen LogP contribution in [0.5, 0.6) is 0 Å². The van der Waals surface area contributed by atoms with Crippen molar-refractivity contribution in [3.05, 3.63) is 32.6 Å². The van der Waals surface area contributed by atoms with E-state index >= 15 is 0 Å². The maximum Gasteiger partial charge on any atom is 0.340 e. The molecule has 2 heterocycles. The Morgan fingerprint density at radius 1 is 1.33 bits per heavy atom. The van der Waals surface area contributed by atoms with E-state index in [1.165, 1.54) is 34.6 Å². The standard InChI is InChI=1S/C14H14N2O3S2/c1-7-11(14(18)19)13(21-16-7)15-12(17)10-6-8-4-2-3-5-9(8)20-10/h6H,2-5H2,1H3,(H,15,17)(H,18,19). The molecule has 1 amide bonds. The summed E-state index contributed by atoms with van der Waals surface area (Å²) >= 11 is 2.51. The molecule has 0 atom stereocenters. The van der Waals surface area contributed by atoms with Gasteiger partial charge in [-0.05, 0) is 55.8 Å². The molecular formula is C14H14N2O3S2. The van der Waals surface area contributed by atoms with Gasteiger partial charge in [-0.1, -0.05) is 0 Å². The number of rotatable bonds is 3. The number of carbonyl (C=O) groups excluding carboxylic acids is 1. The van der Waals surface area contributed by atoms with Crippen LogP contribution in [0.25, 0.3) is 0 Å². The van der Waals surface area contributed by atoms with Gasteiger partial charge < -0.3 is 10.4 Å². The van der Waals surface area contributed by atoms with Crippen LogP contribution in [0.15, 0.2) is 6.07 Å². The van der Waals surface area contributed by atoms with Crippen molar-refractivity contribution >= 4 is 39.7 Å². The number of hydrogen-bond donors (Lipinski definition) is 2. The van der Waals surface area contributed by atoms with E-state index in [9.17, 15) is 9.59 Å². The van der Waals surface area contributed by atoms with Gasteiger partial charge in [-0.2, -0.15) is 4.37 Å². The summed E-state index contributed by atoms with van der Waals surface area (Å²) in [5.41, 5.74) is 1.76. The molecule has 0 bridgehead atoms. The van der Waals surface area contributed by atoms with Crippen molar-refractivity contribution in [2.24, 2.45) is 0 Å². The summed E-state index contributed by atoms with van der Waals surface area (Å²) in [4.78, 5) is 25.4. The van der Waals surface area contributed by atoms with Crippen LogP contribution in [-0.2, 0) is 12.8 Å². The van der Waals surface area contributed by atoms with Gasteiger partial charge in [-0.25, -0.2) is 4.79 Å². The van der Waals surface area contributed by atoms with Gasteiger partial charge in [0.25, 0.3) is 5.91 Å². The third-order valence-electron chi connectivity index (χ3n) is 3.52. The van der Waals surface area contributed by atoms with Crippen molar-refractivity contribution in [2.45, 2.75) is 32.6 Å². The average Bonchev–Trinajstić information content (AvgIpc) is 3.02. The summed E-state index contributed by atoms with van der Waals surface area (Å²) in [6, 6.07) is 1.93. The SMILES string of the molecule is Cc1nsc(NC(=O)c2cc3c(s2)CCCC3)c1C(=O)O. The van der Waals surface area contributed by atoms with Crippen LogP contribution in [0.3, 0.4) is 0 Å². The van der Waals surface area contributed by atoms with E-state index in [0.29, 0.717) is 15.6 Å². The predicted octanol–water partition coefficient (Wildman–Crippen LogP) is 3.34. The van der Waals surface area contributed by atoms with Gasteiger partial charge in [-0.3, -0.25) is 4.79 Å². The van der Waals surface area contributed by atoms with Crippen LogP contribution in [0, 0.1) is 6.92 Å². The second kappa shape index (κ2) is 5.57. The van der Waals surface area contributed by atoms with Gasteiger partial charge in [0.2, 0.25) is 0 Å². The molecule has 0 radical (unpaired) electrons. The zero-order chi connectivity index (χ0) is 15.0. The van der Waals surface area contributed by atoms with Gasteiger partial charge in [0.1, 0.15) is 10.6 Å². The first-order valence-corrected chi connectivity index (χ1v) is 8.27. The molecule has 0 aliphatic heterocycles.